The van der Waals surface area contributed by atoms with Gasteiger partial charge in [-0.15, -0.1) is 0 Å². The van der Waals surface area contributed by atoms with Crippen molar-refractivity contribution in [2.24, 2.45) is 5.73 Å². The highest BCUT2D eigenvalue weighted by molar-refractivity contribution is 5.75. The Balaban J connectivity index is 1.71. The number of aryl methyl sites for hydroxylation is 1. The summed E-state index contributed by atoms with van der Waals surface area (Å²) in [6.07, 6.45) is 10.00. The second kappa shape index (κ2) is 8.06. The van der Waals surface area contributed by atoms with E-state index in [2.05, 4.69) is 10.6 Å². The molecule has 0 amide bonds. The van der Waals surface area contributed by atoms with Crippen LogP contribution in [-0.2, 0) is 13.1 Å². The highest BCUT2D eigenvalue weighted by Gasteiger charge is 2.25. The molecule has 0 radical (unpaired) electrons. The molecule has 148 valence electrons. The summed E-state index contributed by atoms with van der Waals surface area (Å²) in [6, 6.07) is 8.28. The highest BCUT2D eigenvalue weighted by Crippen LogP contribution is 2.31. The number of para-hydroxylation sites is 2. The first-order valence-corrected chi connectivity index (χ1v) is 9.98. The number of hydrogen-bond acceptors (Lipinski definition) is 4. The number of imidazole rings is 2. The van der Waals surface area contributed by atoms with Gasteiger partial charge in [-0.05, 0) is 56.5 Å². The van der Waals surface area contributed by atoms with Crippen molar-refractivity contribution in [2.45, 2.75) is 51.2 Å². The van der Waals surface area contributed by atoms with Gasteiger partial charge in [0, 0.05) is 25.4 Å². The lowest BCUT2D eigenvalue weighted by Gasteiger charge is -2.27. The van der Waals surface area contributed by atoms with E-state index in [-0.39, 0.29) is 18.3 Å². The maximum absolute atomic E-state index is 13.1. The van der Waals surface area contributed by atoms with Crippen LogP contribution in [0.15, 0.2) is 41.5 Å². The van der Waals surface area contributed by atoms with E-state index in [1.807, 2.05) is 29.0 Å². The first kappa shape index (κ1) is 18.6. The number of benzene rings is 1. The monoisotopic (exact) mass is 381 g/mol. The smallest absolute Gasteiger partial charge is 0.329 e. The molecule has 1 fully saturated rings. The first-order valence-electron chi connectivity index (χ1n) is 9.98. The molecule has 1 aliphatic carbocycles. The van der Waals surface area contributed by atoms with Gasteiger partial charge in [-0.3, -0.25) is 9.13 Å². The Morgan fingerprint density at radius 3 is 2.79 bits per heavy atom. The third kappa shape index (κ3) is 3.38. The van der Waals surface area contributed by atoms with Crippen LogP contribution in [0.2, 0.25) is 0 Å². The highest BCUT2D eigenvalue weighted by atomic mass is 16.2. The minimum atomic E-state index is -0.00763. The Morgan fingerprint density at radius 1 is 1.25 bits per heavy atom. The van der Waals surface area contributed by atoms with Crippen molar-refractivity contribution >= 4 is 17.1 Å². The Morgan fingerprint density at radius 2 is 2.07 bits per heavy atom. The van der Waals surface area contributed by atoms with Gasteiger partial charge in [0.2, 0.25) is 0 Å². The van der Waals surface area contributed by atoms with Gasteiger partial charge in [-0.1, -0.05) is 12.1 Å². The van der Waals surface area contributed by atoms with Gasteiger partial charge in [0.1, 0.15) is 5.82 Å². The molecule has 28 heavy (non-hydrogen) atoms. The molecular formula is C21H27N5O2. The summed E-state index contributed by atoms with van der Waals surface area (Å²) in [5.41, 5.74) is 8.43. The fourth-order valence-corrected chi connectivity index (χ4v) is 3.90. The predicted molar refractivity (Wildman–Crippen MR) is 110 cm³/mol. The maximum atomic E-state index is 13.1. The fraction of sp³-hybridized carbons (Fsp3) is 0.429. The van der Waals surface area contributed by atoms with Crippen LogP contribution in [0.4, 0.5) is 0 Å². The van der Waals surface area contributed by atoms with Crippen LogP contribution < -0.4 is 11.4 Å². The van der Waals surface area contributed by atoms with Crippen molar-refractivity contribution < 1.29 is 5.11 Å². The summed E-state index contributed by atoms with van der Waals surface area (Å²) in [5, 5.41) is 9.12. The van der Waals surface area contributed by atoms with Crippen LogP contribution in [0, 0.1) is 0 Å². The quantitative estimate of drug-likeness (QED) is 0.587. The standard InChI is InChI=1S/C21H27N5O2/c22-11-10-17-14-24(21(28)26(17)16-6-5-7-16)15-20-23-18-8-1-2-9-19(18)25(20)12-3-4-13-27/h1-2,8-11,14,16,27H,3-7,12-13,15,22H2/b11-10+. The number of fused-ring (bicyclic) bond motifs is 1. The van der Waals surface area contributed by atoms with Gasteiger partial charge in [0.15, 0.2) is 0 Å². The molecule has 4 rings (SSSR count). The Labute approximate surface area is 163 Å². The Hall–Kier alpha value is -2.80. The molecule has 3 N–H and O–H groups in total. The maximum Gasteiger partial charge on any atom is 0.329 e. The SMILES string of the molecule is N/C=C/c1cn(Cc2nc3ccccc3n2CCCCO)c(=O)n1C1CCC1. The number of hydrogen-bond donors (Lipinski definition) is 2. The van der Waals surface area contributed by atoms with Crippen molar-refractivity contribution in [2.75, 3.05) is 6.61 Å². The van der Waals surface area contributed by atoms with E-state index in [0.717, 1.165) is 61.2 Å². The average Bonchev–Trinajstić information content (AvgIpc) is 3.14. The normalized spacial score (nSPS) is 14.9. The largest absolute Gasteiger partial charge is 0.405 e. The van der Waals surface area contributed by atoms with E-state index in [1.165, 1.54) is 6.20 Å². The summed E-state index contributed by atoms with van der Waals surface area (Å²) < 4.78 is 5.76. The molecule has 3 aromatic rings. The Bertz CT molecular complexity index is 1040. The number of rotatable bonds is 8. The lowest BCUT2D eigenvalue weighted by Crippen LogP contribution is -2.31. The van der Waals surface area contributed by atoms with Gasteiger partial charge in [0.25, 0.3) is 0 Å². The van der Waals surface area contributed by atoms with Crippen molar-refractivity contribution in [1.29, 1.82) is 0 Å². The minimum Gasteiger partial charge on any atom is -0.405 e. The summed E-state index contributed by atoms with van der Waals surface area (Å²) >= 11 is 0. The van der Waals surface area contributed by atoms with Crippen LogP contribution >= 0.6 is 0 Å². The molecule has 1 aliphatic rings. The van der Waals surface area contributed by atoms with Crippen molar-refractivity contribution in [3.05, 3.63) is 58.7 Å². The first-order chi connectivity index (χ1) is 13.7. The van der Waals surface area contributed by atoms with Crippen LogP contribution in [0.5, 0.6) is 0 Å². The summed E-state index contributed by atoms with van der Waals surface area (Å²) in [7, 11) is 0. The molecule has 1 aromatic carbocycles. The number of aliphatic hydroxyl groups excluding tert-OH is 1. The molecule has 0 spiro atoms. The molecular weight excluding hydrogens is 354 g/mol. The second-order valence-corrected chi connectivity index (χ2v) is 7.38. The van der Waals surface area contributed by atoms with Crippen LogP contribution in [-0.4, -0.2) is 30.4 Å². The Kier molecular flexibility index (Phi) is 5.34. The topological polar surface area (TPSA) is 91.0 Å². The fourth-order valence-electron chi connectivity index (χ4n) is 3.90. The number of aromatic nitrogens is 4. The zero-order valence-corrected chi connectivity index (χ0v) is 16.0. The van der Waals surface area contributed by atoms with Gasteiger partial charge in [-0.2, -0.15) is 0 Å². The summed E-state index contributed by atoms with van der Waals surface area (Å²) in [6.45, 7) is 1.36. The summed E-state index contributed by atoms with van der Waals surface area (Å²) in [4.78, 5) is 17.9. The zero-order chi connectivity index (χ0) is 19.5. The number of nitrogens with two attached hydrogens (primary N) is 1. The van der Waals surface area contributed by atoms with Crippen molar-refractivity contribution in [3.63, 3.8) is 0 Å². The van der Waals surface area contributed by atoms with E-state index in [9.17, 15) is 4.79 Å². The zero-order valence-electron chi connectivity index (χ0n) is 16.0. The summed E-state index contributed by atoms with van der Waals surface area (Å²) in [5.74, 6) is 0.857. The van der Waals surface area contributed by atoms with Gasteiger partial charge in [-0.25, -0.2) is 9.78 Å². The third-order valence-corrected chi connectivity index (χ3v) is 5.56. The number of nitrogens with zero attached hydrogens (tertiary/aromatic N) is 4. The van der Waals surface area contributed by atoms with E-state index < -0.39 is 0 Å². The average molecular weight is 381 g/mol. The van der Waals surface area contributed by atoms with Gasteiger partial charge in [0.05, 0.1) is 23.3 Å². The van der Waals surface area contributed by atoms with Crippen LogP contribution in [0.1, 0.15) is 49.7 Å². The lowest BCUT2D eigenvalue weighted by molar-refractivity contribution is 0.281. The molecule has 0 bridgehead atoms. The van der Waals surface area contributed by atoms with Crippen LogP contribution in [0.25, 0.3) is 17.1 Å². The number of unbranched alkanes of at least 4 members (excludes halogenated alkanes) is 1. The molecule has 0 atom stereocenters. The molecule has 2 aromatic heterocycles. The van der Waals surface area contributed by atoms with Gasteiger partial charge < -0.3 is 15.4 Å². The van der Waals surface area contributed by atoms with Crippen LogP contribution in [0.3, 0.4) is 0 Å². The van der Waals surface area contributed by atoms with Crippen molar-refractivity contribution in [1.82, 2.24) is 18.7 Å². The van der Waals surface area contributed by atoms with E-state index >= 15 is 0 Å². The number of aliphatic hydroxyl groups is 1. The minimum absolute atomic E-state index is 0.00763. The predicted octanol–water partition coefficient (Wildman–Crippen LogP) is 2.47. The van der Waals surface area contributed by atoms with E-state index in [1.54, 1.807) is 10.6 Å². The molecule has 7 nitrogen and oxygen atoms in total. The molecule has 0 aliphatic heterocycles. The van der Waals surface area contributed by atoms with Crippen molar-refractivity contribution in [3.8, 4) is 0 Å². The molecule has 0 saturated heterocycles. The van der Waals surface area contributed by atoms with E-state index in [4.69, 9.17) is 15.8 Å². The molecule has 2 heterocycles. The lowest BCUT2D eigenvalue weighted by atomic mass is 9.93. The second-order valence-electron chi connectivity index (χ2n) is 7.38. The molecule has 1 saturated carbocycles. The van der Waals surface area contributed by atoms with E-state index in [0.29, 0.717) is 6.54 Å². The molecule has 0 unspecified atom stereocenters. The molecule has 7 heteroatoms. The van der Waals surface area contributed by atoms with Gasteiger partial charge >= 0.3 is 5.69 Å². The third-order valence-electron chi connectivity index (χ3n) is 5.56.